The molecule has 0 saturated heterocycles. The van der Waals surface area contributed by atoms with E-state index in [0.717, 1.165) is 12.1 Å². The molecular formula is C9H8F2N2O2. The number of imide groups is 1. The molecule has 1 aromatic rings. The molecule has 1 aromatic carbocycles. The number of carbonyl (C=O) groups is 2. The molecule has 0 atom stereocenters. The van der Waals surface area contributed by atoms with Crippen molar-refractivity contribution >= 4 is 11.9 Å². The Balaban J connectivity index is 2.80. The van der Waals surface area contributed by atoms with Crippen LogP contribution in [-0.4, -0.2) is 11.9 Å². The van der Waals surface area contributed by atoms with E-state index in [0.29, 0.717) is 0 Å². The second-order valence-corrected chi connectivity index (χ2v) is 2.79. The molecule has 3 N–H and O–H groups in total. The van der Waals surface area contributed by atoms with Crippen molar-refractivity contribution in [1.29, 1.82) is 0 Å². The molecule has 1 rings (SSSR count). The SMILES string of the molecule is NC(=O)NC(=O)Cc1c(F)cccc1F. The van der Waals surface area contributed by atoms with E-state index in [1.807, 2.05) is 0 Å². The average Bonchev–Trinajstić information content (AvgIpc) is 2.10. The van der Waals surface area contributed by atoms with Crippen molar-refractivity contribution in [2.75, 3.05) is 0 Å². The molecule has 0 saturated carbocycles. The third-order valence-electron chi connectivity index (χ3n) is 1.66. The molecule has 0 bridgehead atoms. The molecule has 80 valence electrons. The monoisotopic (exact) mass is 214 g/mol. The Labute approximate surface area is 84.1 Å². The summed E-state index contributed by atoms with van der Waals surface area (Å²) in [6.45, 7) is 0. The topological polar surface area (TPSA) is 72.2 Å². The van der Waals surface area contributed by atoms with E-state index in [-0.39, 0.29) is 0 Å². The summed E-state index contributed by atoms with van der Waals surface area (Å²) in [5, 5.41) is 1.71. The van der Waals surface area contributed by atoms with E-state index < -0.39 is 35.6 Å². The number of carbonyl (C=O) groups excluding carboxylic acids is 2. The van der Waals surface area contributed by atoms with Gasteiger partial charge in [-0.05, 0) is 12.1 Å². The molecule has 0 spiro atoms. The number of halogens is 2. The second kappa shape index (κ2) is 4.50. The summed E-state index contributed by atoms with van der Waals surface area (Å²) in [5.41, 5.74) is 4.27. The van der Waals surface area contributed by atoms with Gasteiger partial charge >= 0.3 is 6.03 Å². The van der Waals surface area contributed by atoms with Crippen LogP contribution < -0.4 is 11.1 Å². The van der Waals surface area contributed by atoms with Gasteiger partial charge < -0.3 is 5.73 Å². The molecule has 0 aliphatic heterocycles. The molecule has 0 aliphatic rings. The third kappa shape index (κ3) is 3.01. The minimum Gasteiger partial charge on any atom is -0.351 e. The van der Waals surface area contributed by atoms with E-state index in [9.17, 15) is 18.4 Å². The summed E-state index contributed by atoms with van der Waals surface area (Å²) in [6, 6.07) is 2.17. The highest BCUT2D eigenvalue weighted by Gasteiger charge is 2.13. The Kier molecular flexibility index (Phi) is 3.33. The highest BCUT2D eigenvalue weighted by molar-refractivity contribution is 5.94. The third-order valence-corrected chi connectivity index (χ3v) is 1.66. The molecule has 0 radical (unpaired) electrons. The van der Waals surface area contributed by atoms with E-state index in [1.54, 1.807) is 5.32 Å². The van der Waals surface area contributed by atoms with E-state index in [4.69, 9.17) is 0 Å². The first-order valence-corrected chi connectivity index (χ1v) is 4.03. The van der Waals surface area contributed by atoms with Gasteiger partial charge in [0.15, 0.2) is 0 Å². The molecule has 0 aliphatic carbocycles. The van der Waals surface area contributed by atoms with Gasteiger partial charge in [0.05, 0.1) is 6.42 Å². The molecule has 0 fully saturated rings. The minimum atomic E-state index is -1.06. The van der Waals surface area contributed by atoms with Crippen LogP contribution in [0.5, 0.6) is 0 Å². The second-order valence-electron chi connectivity index (χ2n) is 2.79. The van der Waals surface area contributed by atoms with Crippen LogP contribution in [0, 0.1) is 11.6 Å². The van der Waals surface area contributed by atoms with Crippen molar-refractivity contribution in [3.8, 4) is 0 Å². The average molecular weight is 214 g/mol. The number of nitrogens with one attached hydrogen (secondary N) is 1. The van der Waals surface area contributed by atoms with E-state index in [1.165, 1.54) is 6.07 Å². The van der Waals surface area contributed by atoms with Crippen molar-refractivity contribution in [2.24, 2.45) is 5.73 Å². The molecule has 0 unspecified atom stereocenters. The Bertz CT molecular complexity index is 387. The van der Waals surface area contributed by atoms with Crippen molar-refractivity contribution in [2.45, 2.75) is 6.42 Å². The van der Waals surface area contributed by atoms with Crippen LogP contribution in [0.25, 0.3) is 0 Å². The Morgan fingerprint density at radius 3 is 2.27 bits per heavy atom. The van der Waals surface area contributed by atoms with Gasteiger partial charge in [-0.2, -0.15) is 0 Å². The summed E-state index contributed by atoms with van der Waals surface area (Å²) < 4.78 is 26.0. The number of primary amides is 1. The normalized spacial score (nSPS) is 9.73. The summed E-state index contributed by atoms with van der Waals surface area (Å²) in [6.07, 6.45) is -0.568. The molecular weight excluding hydrogens is 206 g/mol. The molecule has 0 heterocycles. The van der Waals surface area contributed by atoms with Crippen molar-refractivity contribution in [1.82, 2.24) is 5.32 Å². The number of benzene rings is 1. The predicted octanol–water partition coefficient (Wildman–Crippen LogP) is 0.702. The zero-order valence-electron chi connectivity index (χ0n) is 7.59. The quantitative estimate of drug-likeness (QED) is 0.760. The molecule has 0 aromatic heterocycles. The Morgan fingerprint density at radius 1 is 1.27 bits per heavy atom. The summed E-state index contributed by atoms with van der Waals surface area (Å²) in [7, 11) is 0. The Hall–Kier alpha value is -1.98. The first-order valence-electron chi connectivity index (χ1n) is 4.03. The number of hydrogen-bond acceptors (Lipinski definition) is 2. The van der Waals surface area contributed by atoms with Gasteiger partial charge in [0.1, 0.15) is 11.6 Å². The van der Waals surface area contributed by atoms with Crippen molar-refractivity contribution in [3.05, 3.63) is 35.4 Å². The van der Waals surface area contributed by atoms with Gasteiger partial charge in [-0.15, -0.1) is 0 Å². The van der Waals surface area contributed by atoms with Crippen LogP contribution in [0.4, 0.5) is 13.6 Å². The molecule has 3 amide bonds. The maximum Gasteiger partial charge on any atom is 0.318 e. The fraction of sp³-hybridized carbons (Fsp3) is 0.111. The largest absolute Gasteiger partial charge is 0.351 e. The zero-order chi connectivity index (χ0) is 11.4. The molecule has 4 nitrogen and oxygen atoms in total. The highest BCUT2D eigenvalue weighted by Crippen LogP contribution is 2.12. The van der Waals surface area contributed by atoms with Gasteiger partial charge in [-0.3, -0.25) is 10.1 Å². The van der Waals surface area contributed by atoms with Crippen molar-refractivity contribution in [3.63, 3.8) is 0 Å². The van der Waals surface area contributed by atoms with E-state index in [2.05, 4.69) is 5.73 Å². The van der Waals surface area contributed by atoms with Gasteiger partial charge in [0, 0.05) is 5.56 Å². The van der Waals surface area contributed by atoms with Crippen molar-refractivity contribution < 1.29 is 18.4 Å². The number of amides is 3. The van der Waals surface area contributed by atoms with Crippen LogP contribution in [0.2, 0.25) is 0 Å². The maximum atomic E-state index is 13.0. The summed E-state index contributed by atoms with van der Waals surface area (Å²) in [5.74, 6) is -2.53. The minimum absolute atomic E-state index is 0.392. The predicted molar refractivity (Wildman–Crippen MR) is 47.8 cm³/mol. The fourth-order valence-electron chi connectivity index (χ4n) is 1.04. The van der Waals surface area contributed by atoms with Gasteiger partial charge in [0.25, 0.3) is 0 Å². The van der Waals surface area contributed by atoms with E-state index >= 15 is 0 Å². The number of urea groups is 1. The van der Waals surface area contributed by atoms with Crippen LogP contribution in [0.15, 0.2) is 18.2 Å². The van der Waals surface area contributed by atoms with Crippen LogP contribution in [0.1, 0.15) is 5.56 Å². The fourth-order valence-corrected chi connectivity index (χ4v) is 1.04. The summed E-state index contributed by atoms with van der Waals surface area (Å²) >= 11 is 0. The number of rotatable bonds is 2. The van der Waals surface area contributed by atoms with Crippen LogP contribution in [0.3, 0.4) is 0 Å². The highest BCUT2D eigenvalue weighted by atomic mass is 19.1. The molecule has 15 heavy (non-hydrogen) atoms. The first-order chi connectivity index (χ1) is 7.00. The summed E-state index contributed by atoms with van der Waals surface area (Å²) in [4.78, 5) is 21.3. The number of nitrogens with two attached hydrogens (primary N) is 1. The van der Waals surface area contributed by atoms with Crippen LogP contribution >= 0.6 is 0 Å². The lowest BCUT2D eigenvalue weighted by Crippen LogP contribution is -2.36. The maximum absolute atomic E-state index is 13.0. The lowest BCUT2D eigenvalue weighted by Gasteiger charge is -2.03. The molecule has 6 heteroatoms. The van der Waals surface area contributed by atoms with Gasteiger partial charge in [-0.1, -0.05) is 6.07 Å². The first kappa shape index (κ1) is 11.1. The van der Waals surface area contributed by atoms with Gasteiger partial charge in [0.2, 0.25) is 5.91 Å². The van der Waals surface area contributed by atoms with Crippen LogP contribution in [-0.2, 0) is 11.2 Å². The lowest BCUT2D eigenvalue weighted by atomic mass is 10.1. The van der Waals surface area contributed by atoms with Gasteiger partial charge in [-0.25, -0.2) is 13.6 Å². The smallest absolute Gasteiger partial charge is 0.318 e. The number of hydrogen-bond donors (Lipinski definition) is 2. The lowest BCUT2D eigenvalue weighted by molar-refractivity contribution is -0.119. The zero-order valence-corrected chi connectivity index (χ0v) is 7.59. The standard InChI is InChI=1S/C9H8F2N2O2/c10-6-2-1-3-7(11)5(6)4-8(14)13-9(12)15/h1-3H,4H2,(H3,12,13,14,15). The Morgan fingerprint density at radius 2 is 1.80 bits per heavy atom.